The Hall–Kier alpha value is -2.53. The van der Waals surface area contributed by atoms with Crippen LogP contribution in [-0.2, 0) is 6.54 Å². The molecule has 110 valence electrons. The molecule has 0 radical (unpaired) electrons. The number of aromatic nitrogens is 2. The number of nitrogens with zero attached hydrogens (tertiary/aromatic N) is 2. The second-order valence-electron chi connectivity index (χ2n) is 4.84. The molecule has 22 heavy (non-hydrogen) atoms. The standard InChI is InChI=1S/C17H15N3OS/c1-12-19-20-16(22-12)11-18-17(21)15-9-7-14(8-10-15)13-5-3-2-4-6-13/h2-10H,11H2,1H3,(H,18,21). The van der Waals surface area contributed by atoms with E-state index < -0.39 is 0 Å². The molecule has 1 amide bonds. The second-order valence-corrected chi connectivity index (χ2v) is 6.11. The molecule has 5 heteroatoms. The molecule has 3 rings (SSSR count). The van der Waals surface area contributed by atoms with Crippen LogP contribution >= 0.6 is 11.3 Å². The van der Waals surface area contributed by atoms with Crippen molar-refractivity contribution in [1.29, 1.82) is 0 Å². The van der Waals surface area contributed by atoms with Gasteiger partial charge in [0.15, 0.2) is 0 Å². The molecule has 3 aromatic rings. The normalized spacial score (nSPS) is 10.4. The molecule has 0 saturated heterocycles. The SMILES string of the molecule is Cc1nnc(CNC(=O)c2ccc(-c3ccccc3)cc2)s1. The van der Waals surface area contributed by atoms with E-state index in [1.54, 1.807) is 0 Å². The highest BCUT2D eigenvalue weighted by Crippen LogP contribution is 2.19. The van der Waals surface area contributed by atoms with E-state index >= 15 is 0 Å². The Labute approximate surface area is 132 Å². The zero-order valence-electron chi connectivity index (χ0n) is 12.1. The molecule has 0 saturated carbocycles. The third-order valence-electron chi connectivity index (χ3n) is 3.22. The number of amides is 1. The Balaban J connectivity index is 1.66. The van der Waals surface area contributed by atoms with Crippen LogP contribution in [0.3, 0.4) is 0 Å². The van der Waals surface area contributed by atoms with Gasteiger partial charge in [0.05, 0.1) is 6.54 Å². The summed E-state index contributed by atoms with van der Waals surface area (Å²) in [5.41, 5.74) is 2.87. The fourth-order valence-corrected chi connectivity index (χ4v) is 2.76. The summed E-state index contributed by atoms with van der Waals surface area (Å²) in [7, 11) is 0. The average Bonchev–Trinajstić information content (AvgIpc) is 2.99. The van der Waals surface area contributed by atoms with E-state index in [1.165, 1.54) is 11.3 Å². The van der Waals surface area contributed by atoms with Crippen molar-refractivity contribution in [3.63, 3.8) is 0 Å². The number of hydrogen-bond donors (Lipinski definition) is 1. The van der Waals surface area contributed by atoms with E-state index in [2.05, 4.69) is 15.5 Å². The van der Waals surface area contributed by atoms with Gasteiger partial charge in [0.1, 0.15) is 10.0 Å². The number of benzene rings is 2. The molecular formula is C17H15N3OS. The molecule has 4 nitrogen and oxygen atoms in total. The number of carbonyl (C=O) groups excluding carboxylic acids is 1. The topological polar surface area (TPSA) is 54.9 Å². The van der Waals surface area contributed by atoms with Crippen molar-refractivity contribution in [2.75, 3.05) is 0 Å². The third-order valence-corrected chi connectivity index (χ3v) is 4.06. The van der Waals surface area contributed by atoms with E-state index in [0.717, 1.165) is 21.1 Å². The second kappa shape index (κ2) is 6.49. The van der Waals surface area contributed by atoms with Crippen molar-refractivity contribution in [2.45, 2.75) is 13.5 Å². The van der Waals surface area contributed by atoms with Crippen LogP contribution in [0.1, 0.15) is 20.4 Å². The minimum Gasteiger partial charge on any atom is -0.345 e. The predicted molar refractivity (Wildman–Crippen MR) is 87.7 cm³/mol. The summed E-state index contributed by atoms with van der Waals surface area (Å²) in [6, 6.07) is 17.7. The van der Waals surface area contributed by atoms with E-state index in [-0.39, 0.29) is 5.91 Å². The van der Waals surface area contributed by atoms with Crippen LogP contribution in [-0.4, -0.2) is 16.1 Å². The number of hydrogen-bond acceptors (Lipinski definition) is 4. The summed E-state index contributed by atoms with van der Waals surface area (Å²) in [6.07, 6.45) is 0. The van der Waals surface area contributed by atoms with Gasteiger partial charge in [-0.15, -0.1) is 10.2 Å². The van der Waals surface area contributed by atoms with E-state index in [9.17, 15) is 4.79 Å². The van der Waals surface area contributed by atoms with Crippen LogP contribution in [0, 0.1) is 6.92 Å². The van der Waals surface area contributed by atoms with Crippen LogP contribution in [0.5, 0.6) is 0 Å². The van der Waals surface area contributed by atoms with Gasteiger partial charge in [-0.1, -0.05) is 53.8 Å². The highest BCUT2D eigenvalue weighted by Gasteiger charge is 2.07. The van der Waals surface area contributed by atoms with E-state index in [4.69, 9.17) is 0 Å². The molecular weight excluding hydrogens is 294 g/mol. The summed E-state index contributed by atoms with van der Waals surface area (Å²) in [6.45, 7) is 2.30. The van der Waals surface area contributed by atoms with Crippen LogP contribution in [0.2, 0.25) is 0 Å². The van der Waals surface area contributed by atoms with Gasteiger partial charge in [0.25, 0.3) is 5.91 Å². The van der Waals surface area contributed by atoms with Crippen LogP contribution in [0.15, 0.2) is 54.6 Å². The molecule has 0 aliphatic carbocycles. The Bertz CT molecular complexity index is 766. The number of nitrogens with one attached hydrogen (secondary N) is 1. The van der Waals surface area contributed by atoms with E-state index in [1.807, 2.05) is 61.5 Å². The molecule has 0 aliphatic heterocycles. The zero-order valence-corrected chi connectivity index (χ0v) is 12.9. The van der Waals surface area contributed by atoms with Gasteiger partial charge >= 0.3 is 0 Å². The van der Waals surface area contributed by atoms with Gasteiger partial charge in [0.2, 0.25) is 0 Å². The van der Waals surface area contributed by atoms with Crippen molar-refractivity contribution in [3.8, 4) is 11.1 Å². The van der Waals surface area contributed by atoms with E-state index in [0.29, 0.717) is 12.1 Å². The molecule has 0 fully saturated rings. The maximum atomic E-state index is 12.1. The first kappa shape index (κ1) is 14.4. The van der Waals surface area contributed by atoms with Crippen molar-refractivity contribution in [2.24, 2.45) is 0 Å². The van der Waals surface area contributed by atoms with Crippen molar-refractivity contribution < 1.29 is 4.79 Å². The molecule has 0 atom stereocenters. The quantitative estimate of drug-likeness (QED) is 0.803. The molecule has 0 aliphatic rings. The van der Waals surface area contributed by atoms with Crippen LogP contribution in [0.25, 0.3) is 11.1 Å². The summed E-state index contributed by atoms with van der Waals surface area (Å²) >= 11 is 1.49. The summed E-state index contributed by atoms with van der Waals surface area (Å²) in [4.78, 5) is 12.1. The van der Waals surface area contributed by atoms with Crippen molar-refractivity contribution in [3.05, 3.63) is 70.2 Å². The molecule has 0 bridgehead atoms. The Morgan fingerprint density at radius 3 is 2.32 bits per heavy atom. The number of rotatable bonds is 4. The maximum absolute atomic E-state index is 12.1. The highest BCUT2D eigenvalue weighted by molar-refractivity contribution is 7.11. The lowest BCUT2D eigenvalue weighted by atomic mass is 10.0. The lowest BCUT2D eigenvalue weighted by Gasteiger charge is -2.05. The molecule has 1 aromatic heterocycles. The summed E-state index contributed by atoms with van der Waals surface area (Å²) in [5.74, 6) is -0.104. The first-order chi connectivity index (χ1) is 10.7. The first-order valence-corrected chi connectivity index (χ1v) is 7.77. The average molecular weight is 309 g/mol. The van der Waals surface area contributed by atoms with Crippen molar-refractivity contribution in [1.82, 2.24) is 15.5 Å². The van der Waals surface area contributed by atoms with Gasteiger partial charge in [-0.3, -0.25) is 4.79 Å². The Morgan fingerprint density at radius 1 is 1.00 bits per heavy atom. The molecule has 1 heterocycles. The lowest BCUT2D eigenvalue weighted by Crippen LogP contribution is -2.22. The van der Waals surface area contributed by atoms with Gasteiger partial charge < -0.3 is 5.32 Å². The zero-order chi connectivity index (χ0) is 15.4. The Kier molecular flexibility index (Phi) is 4.25. The van der Waals surface area contributed by atoms with Crippen LogP contribution in [0.4, 0.5) is 0 Å². The highest BCUT2D eigenvalue weighted by atomic mass is 32.1. The maximum Gasteiger partial charge on any atom is 0.251 e. The van der Waals surface area contributed by atoms with Gasteiger partial charge in [0, 0.05) is 5.56 Å². The molecule has 0 spiro atoms. The molecule has 2 aromatic carbocycles. The fourth-order valence-electron chi connectivity index (χ4n) is 2.11. The monoisotopic (exact) mass is 309 g/mol. The number of carbonyl (C=O) groups is 1. The third kappa shape index (κ3) is 3.38. The summed E-state index contributed by atoms with van der Waals surface area (Å²) in [5, 5.41) is 12.5. The summed E-state index contributed by atoms with van der Waals surface area (Å²) < 4.78 is 0. The molecule has 0 unspecified atom stereocenters. The minimum absolute atomic E-state index is 0.104. The van der Waals surface area contributed by atoms with Gasteiger partial charge in [-0.05, 0) is 30.2 Å². The van der Waals surface area contributed by atoms with Crippen molar-refractivity contribution >= 4 is 17.2 Å². The minimum atomic E-state index is -0.104. The fraction of sp³-hybridized carbons (Fsp3) is 0.118. The first-order valence-electron chi connectivity index (χ1n) is 6.95. The molecule has 1 N–H and O–H groups in total. The van der Waals surface area contributed by atoms with Gasteiger partial charge in [-0.25, -0.2) is 0 Å². The Morgan fingerprint density at radius 2 is 1.68 bits per heavy atom. The van der Waals surface area contributed by atoms with Gasteiger partial charge in [-0.2, -0.15) is 0 Å². The predicted octanol–water partition coefficient (Wildman–Crippen LogP) is 3.44. The largest absolute Gasteiger partial charge is 0.345 e. The van der Waals surface area contributed by atoms with Crippen LogP contribution < -0.4 is 5.32 Å². The smallest absolute Gasteiger partial charge is 0.251 e. The number of aryl methyl sites for hydroxylation is 1. The lowest BCUT2D eigenvalue weighted by molar-refractivity contribution is 0.0951.